The van der Waals surface area contributed by atoms with Gasteiger partial charge in [-0.25, -0.2) is 0 Å². The number of hydrogen-bond acceptors (Lipinski definition) is 2. The van der Waals surface area contributed by atoms with Crippen molar-refractivity contribution < 1.29 is 0 Å². The first-order valence-corrected chi connectivity index (χ1v) is 4.59. The first-order valence-electron chi connectivity index (χ1n) is 4.59. The van der Waals surface area contributed by atoms with Crippen LogP contribution in [0.3, 0.4) is 0 Å². The Hall–Kier alpha value is -0.0151. The van der Waals surface area contributed by atoms with Crippen molar-refractivity contribution >= 4 is 7.85 Å². The van der Waals surface area contributed by atoms with E-state index >= 15 is 0 Å². The third-order valence-corrected chi connectivity index (χ3v) is 2.45. The van der Waals surface area contributed by atoms with Crippen molar-refractivity contribution in [3.63, 3.8) is 0 Å². The molecular formula is C8H19BN2. The van der Waals surface area contributed by atoms with E-state index in [1.807, 2.05) is 0 Å². The van der Waals surface area contributed by atoms with Crippen LogP contribution in [0.1, 0.15) is 20.3 Å². The summed E-state index contributed by atoms with van der Waals surface area (Å²) in [6.45, 7) is 6.79. The molecule has 0 aliphatic carbocycles. The van der Waals surface area contributed by atoms with Crippen molar-refractivity contribution in [1.82, 2.24) is 4.90 Å². The largest absolute Gasteiger partial charge is 0.327 e. The lowest BCUT2D eigenvalue weighted by molar-refractivity contribution is 0.169. The fourth-order valence-corrected chi connectivity index (χ4v) is 1.86. The predicted octanol–water partition coefficient (Wildman–Crippen LogP) is -0.151. The first-order chi connectivity index (χ1) is 5.09. The maximum atomic E-state index is 5.91. The van der Waals surface area contributed by atoms with Crippen LogP contribution in [0.5, 0.6) is 0 Å². The monoisotopic (exact) mass is 154 g/mol. The van der Waals surface area contributed by atoms with Crippen LogP contribution in [0.2, 0.25) is 5.82 Å². The van der Waals surface area contributed by atoms with E-state index in [9.17, 15) is 0 Å². The average molecular weight is 154 g/mol. The standard InChI is InChI=1S/C8H19BN2/c1-6(2)11-4-7(9)3-8(10)5-11/h6-8H,3-5,9-10H2,1-2H3/t7-,8?/m1/s1. The molecule has 0 radical (unpaired) electrons. The molecule has 1 saturated heterocycles. The highest BCUT2D eigenvalue weighted by Crippen LogP contribution is 2.18. The topological polar surface area (TPSA) is 29.3 Å². The van der Waals surface area contributed by atoms with E-state index in [1.54, 1.807) is 0 Å². The second-order valence-electron chi connectivity index (χ2n) is 4.15. The fourth-order valence-electron chi connectivity index (χ4n) is 1.86. The van der Waals surface area contributed by atoms with Gasteiger partial charge < -0.3 is 5.73 Å². The molecule has 1 aliphatic rings. The number of rotatable bonds is 1. The molecule has 0 aromatic rings. The first kappa shape index (κ1) is 9.08. The molecule has 0 spiro atoms. The van der Waals surface area contributed by atoms with Gasteiger partial charge in [0.1, 0.15) is 7.85 Å². The van der Waals surface area contributed by atoms with Gasteiger partial charge in [-0.1, -0.05) is 5.82 Å². The molecule has 1 heterocycles. The SMILES string of the molecule is B[C@@H]1CC(N)CN(C(C)C)C1. The van der Waals surface area contributed by atoms with Crippen LogP contribution in [-0.4, -0.2) is 37.9 Å². The van der Waals surface area contributed by atoms with Gasteiger partial charge in [-0.05, 0) is 26.8 Å². The smallest absolute Gasteiger partial charge is 0.107 e. The highest BCUT2D eigenvalue weighted by Gasteiger charge is 2.23. The van der Waals surface area contributed by atoms with Crippen molar-refractivity contribution in [3.05, 3.63) is 0 Å². The van der Waals surface area contributed by atoms with E-state index in [1.165, 1.54) is 13.0 Å². The molecule has 1 unspecified atom stereocenters. The Morgan fingerprint density at radius 2 is 2.09 bits per heavy atom. The molecule has 2 nitrogen and oxygen atoms in total. The van der Waals surface area contributed by atoms with Crippen LogP contribution in [0.25, 0.3) is 0 Å². The maximum Gasteiger partial charge on any atom is 0.107 e. The second kappa shape index (κ2) is 3.59. The quantitative estimate of drug-likeness (QED) is 0.532. The van der Waals surface area contributed by atoms with Gasteiger partial charge in [0.2, 0.25) is 0 Å². The van der Waals surface area contributed by atoms with Crippen molar-refractivity contribution in [2.75, 3.05) is 13.1 Å². The van der Waals surface area contributed by atoms with E-state index in [0.717, 1.165) is 12.4 Å². The van der Waals surface area contributed by atoms with Gasteiger partial charge in [0.25, 0.3) is 0 Å². The van der Waals surface area contributed by atoms with E-state index in [-0.39, 0.29) is 0 Å². The summed E-state index contributed by atoms with van der Waals surface area (Å²) in [4.78, 5) is 2.47. The molecular weight excluding hydrogens is 135 g/mol. The van der Waals surface area contributed by atoms with E-state index < -0.39 is 0 Å². The zero-order valence-electron chi connectivity index (χ0n) is 7.88. The molecule has 11 heavy (non-hydrogen) atoms. The predicted molar refractivity (Wildman–Crippen MR) is 51.6 cm³/mol. The summed E-state index contributed by atoms with van der Waals surface area (Å²) < 4.78 is 0. The Kier molecular flexibility index (Phi) is 2.96. The van der Waals surface area contributed by atoms with Crippen molar-refractivity contribution in [3.8, 4) is 0 Å². The van der Waals surface area contributed by atoms with Crippen molar-refractivity contribution in [2.24, 2.45) is 5.73 Å². The van der Waals surface area contributed by atoms with Crippen LogP contribution in [-0.2, 0) is 0 Å². The molecule has 3 heteroatoms. The van der Waals surface area contributed by atoms with Crippen molar-refractivity contribution in [1.29, 1.82) is 0 Å². The lowest BCUT2D eigenvalue weighted by Gasteiger charge is -2.37. The maximum absolute atomic E-state index is 5.91. The minimum Gasteiger partial charge on any atom is -0.327 e. The number of hydrogen-bond donors (Lipinski definition) is 1. The molecule has 0 aromatic carbocycles. The number of likely N-dealkylation sites (tertiary alicyclic amines) is 1. The molecule has 2 atom stereocenters. The summed E-state index contributed by atoms with van der Waals surface area (Å²) in [5.74, 6) is 0.779. The van der Waals surface area contributed by atoms with Crippen molar-refractivity contribution in [2.45, 2.75) is 38.2 Å². The van der Waals surface area contributed by atoms with E-state index in [0.29, 0.717) is 12.1 Å². The summed E-state index contributed by atoms with van der Waals surface area (Å²) in [6.07, 6.45) is 1.20. The number of nitrogens with zero attached hydrogens (tertiary/aromatic N) is 1. The van der Waals surface area contributed by atoms with E-state index in [4.69, 9.17) is 5.73 Å². The van der Waals surface area contributed by atoms with Crippen LogP contribution >= 0.6 is 0 Å². The number of nitrogens with two attached hydrogens (primary N) is 1. The van der Waals surface area contributed by atoms with Gasteiger partial charge in [-0.3, -0.25) is 4.90 Å². The van der Waals surface area contributed by atoms with Crippen LogP contribution in [0.15, 0.2) is 0 Å². The molecule has 0 amide bonds. The molecule has 1 fully saturated rings. The third-order valence-electron chi connectivity index (χ3n) is 2.45. The summed E-state index contributed by atoms with van der Waals surface area (Å²) in [5.41, 5.74) is 5.91. The summed E-state index contributed by atoms with van der Waals surface area (Å²) >= 11 is 0. The summed E-state index contributed by atoms with van der Waals surface area (Å²) in [7, 11) is 2.29. The van der Waals surface area contributed by atoms with Gasteiger partial charge in [0.05, 0.1) is 0 Å². The molecule has 2 N–H and O–H groups in total. The molecule has 1 rings (SSSR count). The second-order valence-corrected chi connectivity index (χ2v) is 4.15. The molecule has 0 saturated carbocycles. The lowest BCUT2D eigenvalue weighted by Crippen LogP contribution is -2.48. The lowest BCUT2D eigenvalue weighted by atomic mass is 9.79. The molecule has 0 aromatic heterocycles. The summed E-state index contributed by atoms with van der Waals surface area (Å²) in [6, 6.07) is 1.06. The van der Waals surface area contributed by atoms with E-state index in [2.05, 4.69) is 26.6 Å². The summed E-state index contributed by atoms with van der Waals surface area (Å²) in [5, 5.41) is 0. The number of piperidine rings is 1. The average Bonchev–Trinajstić information content (AvgIpc) is 1.85. The fraction of sp³-hybridized carbons (Fsp3) is 1.00. The minimum absolute atomic E-state index is 0.404. The van der Waals surface area contributed by atoms with Gasteiger partial charge in [-0.2, -0.15) is 0 Å². The van der Waals surface area contributed by atoms with Gasteiger partial charge in [-0.15, -0.1) is 0 Å². The zero-order valence-corrected chi connectivity index (χ0v) is 7.88. The highest BCUT2D eigenvalue weighted by atomic mass is 15.2. The highest BCUT2D eigenvalue weighted by molar-refractivity contribution is 6.11. The van der Waals surface area contributed by atoms with Gasteiger partial charge in [0.15, 0.2) is 0 Å². The Bertz CT molecular complexity index is 117. The van der Waals surface area contributed by atoms with Crippen LogP contribution in [0, 0.1) is 0 Å². The minimum atomic E-state index is 0.404. The van der Waals surface area contributed by atoms with Crippen LogP contribution in [0.4, 0.5) is 0 Å². The Labute approximate surface area is 70.5 Å². The normalized spacial score (nSPS) is 34.5. The molecule has 1 aliphatic heterocycles. The Balaban J connectivity index is 2.43. The Morgan fingerprint density at radius 1 is 1.45 bits per heavy atom. The molecule has 64 valence electrons. The Morgan fingerprint density at radius 3 is 2.55 bits per heavy atom. The molecule has 0 bridgehead atoms. The zero-order chi connectivity index (χ0) is 8.43. The van der Waals surface area contributed by atoms with Gasteiger partial charge >= 0.3 is 0 Å². The third kappa shape index (κ3) is 2.49. The van der Waals surface area contributed by atoms with Crippen LogP contribution < -0.4 is 5.73 Å². The van der Waals surface area contributed by atoms with Gasteiger partial charge in [0, 0.05) is 18.6 Å².